The summed E-state index contributed by atoms with van der Waals surface area (Å²) in [6.45, 7) is -2.79. The first-order chi connectivity index (χ1) is 7.78. The zero-order valence-electron chi connectivity index (χ0n) is 9.44. The van der Waals surface area contributed by atoms with E-state index in [2.05, 4.69) is 0 Å². The van der Waals surface area contributed by atoms with E-state index in [1.807, 2.05) is 25.1 Å². The molecule has 3 aliphatic rings. The Hall–Kier alpha value is -0.635. The fourth-order valence-electron chi connectivity index (χ4n) is 3.44. The number of aryl methyl sites for hydroxylation is 1. The quantitative estimate of drug-likeness (QED) is 0.677. The maximum absolute atomic E-state index is 12.8. The van der Waals surface area contributed by atoms with E-state index in [4.69, 9.17) is 11.6 Å². The second-order valence-corrected chi connectivity index (χ2v) is 6.12. The minimum atomic E-state index is -4.68. The Bertz CT molecular complexity index is 475. The van der Waals surface area contributed by atoms with Gasteiger partial charge in [0.2, 0.25) is 0 Å². The Balaban J connectivity index is 1.85. The van der Waals surface area contributed by atoms with Crippen molar-refractivity contribution in [3.05, 3.63) is 34.3 Å². The van der Waals surface area contributed by atoms with Crippen molar-refractivity contribution >= 4 is 18.6 Å². The highest BCUT2D eigenvalue weighted by Crippen LogP contribution is 2.82. The molecule has 0 aromatic heterocycles. The van der Waals surface area contributed by atoms with Gasteiger partial charge in [0.15, 0.2) is 0 Å². The van der Waals surface area contributed by atoms with Crippen molar-refractivity contribution in [2.24, 2.45) is 0 Å². The number of hydrogen-bond donors (Lipinski definition) is 0. The summed E-state index contributed by atoms with van der Waals surface area (Å²) in [6.07, 6.45) is 0.800. The SMILES string of the molecule is Cc1ccc(C23CC([B-](F)(F)F)(C2)C3)cc1Cl. The van der Waals surface area contributed by atoms with Crippen molar-refractivity contribution in [1.29, 1.82) is 0 Å². The predicted octanol–water partition coefficient (Wildman–Crippen LogP) is 4.67. The van der Waals surface area contributed by atoms with E-state index >= 15 is 0 Å². The fourth-order valence-corrected chi connectivity index (χ4v) is 3.62. The number of rotatable bonds is 2. The van der Waals surface area contributed by atoms with Gasteiger partial charge in [-0.3, -0.25) is 0 Å². The number of benzene rings is 1. The lowest BCUT2D eigenvalue weighted by atomic mass is 9.23. The molecular weight excluding hydrogens is 247 g/mol. The highest BCUT2D eigenvalue weighted by molar-refractivity contribution is 6.63. The van der Waals surface area contributed by atoms with Gasteiger partial charge in [-0.2, -0.15) is 0 Å². The van der Waals surface area contributed by atoms with Crippen LogP contribution in [-0.2, 0) is 5.41 Å². The Morgan fingerprint density at radius 2 is 1.76 bits per heavy atom. The predicted molar refractivity (Wildman–Crippen MR) is 63.5 cm³/mol. The molecule has 92 valence electrons. The Labute approximate surface area is 103 Å². The van der Waals surface area contributed by atoms with E-state index in [-0.39, 0.29) is 24.7 Å². The second kappa shape index (κ2) is 3.03. The molecule has 5 heteroatoms. The molecule has 0 N–H and O–H groups in total. The van der Waals surface area contributed by atoms with Gasteiger partial charge in [-0.1, -0.05) is 48.3 Å². The highest BCUT2D eigenvalue weighted by Gasteiger charge is 2.74. The summed E-state index contributed by atoms with van der Waals surface area (Å²) in [5, 5.41) is -0.670. The molecule has 0 unspecified atom stereocenters. The molecule has 17 heavy (non-hydrogen) atoms. The molecule has 1 aromatic carbocycles. The van der Waals surface area contributed by atoms with Crippen molar-refractivity contribution in [3.8, 4) is 0 Å². The molecule has 3 aliphatic carbocycles. The standard InChI is InChI=1S/C12H12BClF3/c1-8-2-3-9(4-10(8)14)11-5-12(6-11,7-11)13(15,16)17/h2-4H,5-7H2,1H3/q-1. The molecule has 0 atom stereocenters. The van der Waals surface area contributed by atoms with Crippen molar-refractivity contribution in [3.63, 3.8) is 0 Å². The molecule has 3 fully saturated rings. The molecule has 0 heterocycles. The third-order valence-electron chi connectivity index (χ3n) is 4.55. The zero-order valence-corrected chi connectivity index (χ0v) is 10.2. The summed E-state index contributed by atoms with van der Waals surface area (Å²) < 4.78 is 38.4. The fraction of sp³-hybridized carbons (Fsp3) is 0.500. The minimum Gasteiger partial charge on any atom is -0.449 e. The van der Waals surface area contributed by atoms with E-state index in [1.165, 1.54) is 0 Å². The smallest absolute Gasteiger partial charge is 0.449 e. The number of hydrogen-bond acceptors (Lipinski definition) is 0. The summed E-state index contributed by atoms with van der Waals surface area (Å²) >= 11 is 6.02. The van der Waals surface area contributed by atoms with Crippen molar-refractivity contribution in [2.45, 2.75) is 36.9 Å². The maximum atomic E-state index is 12.8. The molecule has 0 amide bonds. The summed E-state index contributed by atoms with van der Waals surface area (Å²) in [6, 6.07) is 5.65. The van der Waals surface area contributed by atoms with E-state index in [0.717, 1.165) is 11.1 Å². The van der Waals surface area contributed by atoms with E-state index in [1.54, 1.807) is 0 Å². The molecule has 0 nitrogen and oxygen atoms in total. The van der Waals surface area contributed by atoms with Gasteiger partial charge in [0.05, 0.1) is 0 Å². The maximum Gasteiger partial charge on any atom is 0.484 e. The molecule has 0 spiro atoms. The van der Waals surface area contributed by atoms with Crippen LogP contribution in [0.4, 0.5) is 12.9 Å². The summed E-state index contributed by atoms with van der Waals surface area (Å²) in [5.41, 5.74) is 1.72. The normalized spacial score (nSPS) is 35.1. The van der Waals surface area contributed by atoms with Crippen LogP contribution < -0.4 is 0 Å². The summed E-state index contributed by atoms with van der Waals surface area (Å²) in [5.74, 6) is 0. The molecule has 0 radical (unpaired) electrons. The highest BCUT2D eigenvalue weighted by atomic mass is 35.5. The van der Waals surface area contributed by atoms with E-state index in [9.17, 15) is 12.9 Å². The Morgan fingerprint density at radius 3 is 2.24 bits per heavy atom. The first-order valence-electron chi connectivity index (χ1n) is 5.74. The third-order valence-corrected chi connectivity index (χ3v) is 4.96. The second-order valence-electron chi connectivity index (χ2n) is 5.71. The largest absolute Gasteiger partial charge is 0.484 e. The van der Waals surface area contributed by atoms with Crippen LogP contribution in [0.25, 0.3) is 0 Å². The molecule has 2 bridgehead atoms. The molecule has 4 rings (SSSR count). The minimum absolute atomic E-state index is 0.228. The monoisotopic (exact) mass is 259 g/mol. The van der Waals surface area contributed by atoms with Crippen LogP contribution in [0.5, 0.6) is 0 Å². The molecule has 1 aromatic rings. The van der Waals surface area contributed by atoms with Crippen LogP contribution in [0.2, 0.25) is 10.3 Å². The van der Waals surface area contributed by atoms with Gasteiger partial charge in [0.1, 0.15) is 0 Å². The lowest BCUT2D eigenvalue weighted by Crippen LogP contribution is -2.67. The lowest BCUT2D eigenvalue weighted by molar-refractivity contribution is -0.0400. The lowest BCUT2D eigenvalue weighted by Gasteiger charge is -2.75. The summed E-state index contributed by atoms with van der Waals surface area (Å²) in [7, 11) is 0. The van der Waals surface area contributed by atoms with Crippen LogP contribution in [0.3, 0.4) is 0 Å². The number of halogens is 4. The van der Waals surface area contributed by atoms with Gasteiger partial charge in [0, 0.05) is 5.02 Å². The molecular formula is C12H12BClF3-. The molecule has 3 saturated carbocycles. The van der Waals surface area contributed by atoms with Crippen LogP contribution in [-0.4, -0.2) is 6.98 Å². The van der Waals surface area contributed by atoms with Gasteiger partial charge in [-0.05, 0) is 29.5 Å². The van der Waals surface area contributed by atoms with Crippen molar-refractivity contribution in [1.82, 2.24) is 0 Å². The molecule has 0 saturated heterocycles. The van der Waals surface area contributed by atoms with E-state index < -0.39 is 12.3 Å². The Morgan fingerprint density at radius 1 is 1.18 bits per heavy atom. The van der Waals surface area contributed by atoms with Crippen molar-refractivity contribution < 1.29 is 12.9 Å². The van der Waals surface area contributed by atoms with Crippen molar-refractivity contribution in [2.75, 3.05) is 0 Å². The van der Waals surface area contributed by atoms with Crippen LogP contribution in [0.15, 0.2) is 18.2 Å². The third kappa shape index (κ3) is 1.33. The summed E-state index contributed by atoms with van der Waals surface area (Å²) in [4.78, 5) is 0. The zero-order chi connectivity index (χ0) is 12.5. The van der Waals surface area contributed by atoms with E-state index in [0.29, 0.717) is 5.02 Å². The topological polar surface area (TPSA) is 0 Å². The van der Waals surface area contributed by atoms with Crippen LogP contribution in [0, 0.1) is 6.92 Å². The van der Waals surface area contributed by atoms with Gasteiger partial charge in [-0.25, -0.2) is 0 Å². The van der Waals surface area contributed by atoms with Gasteiger partial charge >= 0.3 is 6.98 Å². The van der Waals surface area contributed by atoms with Gasteiger partial charge in [0.25, 0.3) is 0 Å². The first-order valence-corrected chi connectivity index (χ1v) is 6.12. The Kier molecular flexibility index (Phi) is 2.04. The van der Waals surface area contributed by atoms with Crippen LogP contribution in [0.1, 0.15) is 30.4 Å². The van der Waals surface area contributed by atoms with Crippen LogP contribution >= 0.6 is 11.6 Å². The average molecular weight is 259 g/mol. The van der Waals surface area contributed by atoms with Gasteiger partial charge < -0.3 is 12.9 Å². The first kappa shape index (κ1) is 11.5. The molecule has 0 aliphatic heterocycles. The average Bonchev–Trinajstić information content (AvgIpc) is 2.03. The van der Waals surface area contributed by atoms with Gasteiger partial charge in [-0.15, -0.1) is 0 Å².